The molecule has 1 aliphatic rings. The Hall–Kier alpha value is -0.680. The van der Waals surface area contributed by atoms with Crippen molar-refractivity contribution in [2.45, 2.75) is 30.6 Å². The summed E-state index contributed by atoms with van der Waals surface area (Å²) >= 11 is 2.02. The van der Waals surface area contributed by atoms with Gasteiger partial charge in [-0.05, 0) is 19.1 Å². The van der Waals surface area contributed by atoms with E-state index in [9.17, 15) is 0 Å². The second kappa shape index (κ2) is 5.53. The van der Waals surface area contributed by atoms with Gasteiger partial charge in [0, 0.05) is 39.0 Å². The van der Waals surface area contributed by atoms with Crippen molar-refractivity contribution >= 4 is 17.7 Å². The van der Waals surface area contributed by atoms with Gasteiger partial charge in [0.05, 0.1) is 11.9 Å². The molecule has 0 unspecified atom stereocenters. The van der Waals surface area contributed by atoms with Crippen LogP contribution in [0.3, 0.4) is 0 Å². The van der Waals surface area contributed by atoms with Gasteiger partial charge >= 0.3 is 0 Å². The predicted octanol–water partition coefficient (Wildman–Crippen LogP) is 1.86. The molecule has 0 radical (unpaired) electrons. The number of aromatic nitrogens is 2. The zero-order valence-electron chi connectivity index (χ0n) is 11.9. The number of anilines is 1. The average Bonchev–Trinajstić information content (AvgIpc) is 2.64. The van der Waals surface area contributed by atoms with E-state index in [1.54, 1.807) is 0 Å². The van der Waals surface area contributed by atoms with Crippen LogP contribution in [-0.2, 0) is 13.6 Å². The second-order valence-electron chi connectivity index (χ2n) is 5.35. The maximum absolute atomic E-state index is 4.43. The van der Waals surface area contributed by atoms with Crippen molar-refractivity contribution in [3.05, 3.63) is 11.9 Å². The Morgan fingerprint density at radius 2 is 2.22 bits per heavy atom. The summed E-state index contributed by atoms with van der Waals surface area (Å²) in [5, 5.41) is 3.59. The minimum absolute atomic E-state index is 0.503. The molecule has 1 fully saturated rings. The van der Waals surface area contributed by atoms with Crippen LogP contribution < -0.4 is 10.2 Å². The minimum Gasteiger partial charge on any atom is -0.348 e. The van der Waals surface area contributed by atoms with Crippen molar-refractivity contribution in [1.29, 1.82) is 0 Å². The van der Waals surface area contributed by atoms with E-state index in [-0.39, 0.29) is 0 Å². The van der Waals surface area contributed by atoms with Crippen LogP contribution >= 0.6 is 11.8 Å². The fourth-order valence-corrected chi connectivity index (χ4v) is 3.40. The van der Waals surface area contributed by atoms with Crippen LogP contribution in [0, 0.1) is 0 Å². The van der Waals surface area contributed by atoms with Crippen LogP contribution in [0.2, 0.25) is 0 Å². The summed E-state index contributed by atoms with van der Waals surface area (Å²) in [5.41, 5.74) is 1.24. The Kier molecular flexibility index (Phi) is 4.22. The summed E-state index contributed by atoms with van der Waals surface area (Å²) in [6.07, 6.45) is 8.30. The zero-order valence-corrected chi connectivity index (χ0v) is 12.7. The highest BCUT2D eigenvalue weighted by atomic mass is 32.2. The lowest BCUT2D eigenvalue weighted by Gasteiger charge is -2.40. The molecule has 0 aromatic carbocycles. The van der Waals surface area contributed by atoms with Gasteiger partial charge in [0.25, 0.3) is 0 Å². The molecule has 1 saturated carbocycles. The van der Waals surface area contributed by atoms with Gasteiger partial charge < -0.3 is 14.8 Å². The van der Waals surface area contributed by atoms with Gasteiger partial charge in [0.15, 0.2) is 0 Å². The quantitative estimate of drug-likeness (QED) is 0.854. The normalized spacial score (nSPS) is 17.6. The van der Waals surface area contributed by atoms with Crippen LogP contribution in [0.15, 0.2) is 6.20 Å². The molecule has 0 amide bonds. The molecule has 1 N–H and O–H groups in total. The number of rotatable bonds is 6. The number of hydrogen-bond donors (Lipinski definition) is 1. The highest BCUT2D eigenvalue weighted by Crippen LogP contribution is 2.42. The number of hydrogen-bond acceptors (Lipinski definition) is 4. The van der Waals surface area contributed by atoms with Crippen molar-refractivity contribution in [2.75, 3.05) is 31.8 Å². The summed E-state index contributed by atoms with van der Waals surface area (Å²) in [7, 11) is 6.13. The summed E-state index contributed by atoms with van der Waals surface area (Å²) in [6, 6.07) is 0. The van der Waals surface area contributed by atoms with E-state index in [2.05, 4.69) is 28.2 Å². The van der Waals surface area contributed by atoms with Crippen LogP contribution in [0.5, 0.6) is 0 Å². The van der Waals surface area contributed by atoms with Crippen LogP contribution in [0.25, 0.3) is 0 Å². The van der Waals surface area contributed by atoms with Gasteiger partial charge in [-0.3, -0.25) is 0 Å². The highest BCUT2D eigenvalue weighted by molar-refractivity contribution is 8.00. The van der Waals surface area contributed by atoms with E-state index in [0.29, 0.717) is 4.75 Å². The van der Waals surface area contributed by atoms with Gasteiger partial charge in [0.1, 0.15) is 0 Å². The first-order valence-electron chi connectivity index (χ1n) is 6.52. The summed E-state index contributed by atoms with van der Waals surface area (Å²) in [5.74, 6) is 1.01. The smallest absolute Gasteiger partial charge is 0.204 e. The number of thioether (sulfide) groups is 1. The molecule has 0 aliphatic heterocycles. The molecule has 102 valence electrons. The molecule has 0 atom stereocenters. The van der Waals surface area contributed by atoms with E-state index >= 15 is 0 Å². The van der Waals surface area contributed by atoms with Crippen molar-refractivity contribution < 1.29 is 0 Å². The SMILES string of the molecule is CSC1(CNCc2cnc(N(C)C)n2C)CCC1. The number of nitrogens with zero attached hydrogens (tertiary/aromatic N) is 3. The van der Waals surface area contributed by atoms with Crippen LogP contribution in [-0.4, -0.2) is 41.2 Å². The fraction of sp³-hybridized carbons (Fsp3) is 0.769. The first kappa shape index (κ1) is 13.7. The van der Waals surface area contributed by atoms with Crippen molar-refractivity contribution in [3.63, 3.8) is 0 Å². The Morgan fingerprint density at radius 1 is 1.50 bits per heavy atom. The fourth-order valence-electron chi connectivity index (χ4n) is 2.46. The molecule has 1 aliphatic carbocycles. The second-order valence-corrected chi connectivity index (χ2v) is 6.62. The van der Waals surface area contributed by atoms with Gasteiger partial charge in [-0.1, -0.05) is 6.42 Å². The third-order valence-electron chi connectivity index (χ3n) is 3.91. The zero-order chi connectivity index (χ0) is 13.2. The Balaban J connectivity index is 1.87. The lowest BCUT2D eigenvalue weighted by molar-refractivity contribution is 0.344. The molecule has 1 aromatic rings. The Morgan fingerprint density at radius 3 is 2.67 bits per heavy atom. The molecule has 0 bridgehead atoms. The molecule has 4 nitrogen and oxygen atoms in total. The largest absolute Gasteiger partial charge is 0.348 e. The summed E-state index contributed by atoms with van der Waals surface area (Å²) in [6.45, 7) is 2.01. The molecular formula is C13H24N4S. The molecule has 0 saturated heterocycles. The molecule has 5 heteroatoms. The molecule has 2 rings (SSSR count). The van der Waals surface area contributed by atoms with E-state index in [1.165, 1.54) is 25.0 Å². The molecule has 18 heavy (non-hydrogen) atoms. The predicted molar refractivity (Wildman–Crippen MR) is 79.3 cm³/mol. The van der Waals surface area contributed by atoms with Gasteiger partial charge in [-0.15, -0.1) is 0 Å². The maximum atomic E-state index is 4.43. The minimum atomic E-state index is 0.503. The standard InChI is InChI=1S/C13H24N4S/c1-16(2)12-15-9-11(17(12)3)8-14-10-13(18-4)6-5-7-13/h9,14H,5-8,10H2,1-4H3. The first-order chi connectivity index (χ1) is 8.58. The van der Waals surface area contributed by atoms with Crippen LogP contribution in [0.4, 0.5) is 5.95 Å². The van der Waals surface area contributed by atoms with Crippen LogP contribution in [0.1, 0.15) is 25.0 Å². The van der Waals surface area contributed by atoms with Crippen molar-refractivity contribution in [1.82, 2.24) is 14.9 Å². The Labute approximate surface area is 114 Å². The first-order valence-corrected chi connectivity index (χ1v) is 7.74. The Bertz CT molecular complexity index is 390. The molecular weight excluding hydrogens is 244 g/mol. The number of nitrogens with one attached hydrogen (secondary N) is 1. The van der Waals surface area contributed by atoms with Gasteiger partial charge in [-0.2, -0.15) is 11.8 Å². The van der Waals surface area contributed by atoms with E-state index in [4.69, 9.17) is 0 Å². The molecule has 1 aromatic heterocycles. The monoisotopic (exact) mass is 268 g/mol. The lowest BCUT2D eigenvalue weighted by Crippen LogP contribution is -2.43. The maximum Gasteiger partial charge on any atom is 0.204 e. The van der Waals surface area contributed by atoms with Gasteiger partial charge in [-0.25, -0.2) is 4.98 Å². The van der Waals surface area contributed by atoms with Crippen molar-refractivity contribution in [2.24, 2.45) is 7.05 Å². The highest BCUT2D eigenvalue weighted by Gasteiger charge is 2.35. The average molecular weight is 268 g/mol. The summed E-state index contributed by atoms with van der Waals surface area (Å²) in [4.78, 5) is 6.47. The third kappa shape index (κ3) is 2.67. The summed E-state index contributed by atoms with van der Waals surface area (Å²) < 4.78 is 2.66. The van der Waals surface area contributed by atoms with E-state index < -0.39 is 0 Å². The number of imidazole rings is 1. The van der Waals surface area contributed by atoms with Gasteiger partial charge in [0.2, 0.25) is 5.95 Å². The van der Waals surface area contributed by atoms with E-state index in [1.807, 2.05) is 37.0 Å². The lowest BCUT2D eigenvalue weighted by atomic mass is 9.84. The molecule has 0 spiro atoms. The van der Waals surface area contributed by atoms with Crippen molar-refractivity contribution in [3.8, 4) is 0 Å². The topological polar surface area (TPSA) is 33.1 Å². The van der Waals surface area contributed by atoms with E-state index in [0.717, 1.165) is 19.0 Å². The third-order valence-corrected chi connectivity index (χ3v) is 5.33. The molecule has 1 heterocycles.